The van der Waals surface area contributed by atoms with Gasteiger partial charge in [-0.05, 0) is 18.2 Å². The summed E-state index contributed by atoms with van der Waals surface area (Å²) in [4.78, 5) is 21.4. The minimum Gasteiger partial charge on any atom is -0.398 e. The van der Waals surface area contributed by atoms with Crippen molar-refractivity contribution in [2.24, 2.45) is 5.73 Å². The van der Waals surface area contributed by atoms with Crippen molar-refractivity contribution in [1.29, 1.82) is 0 Å². The number of nitrogen functional groups attached to an aromatic ring is 1. The third-order valence-electron chi connectivity index (χ3n) is 2.11. The molecule has 110 valence electrons. The van der Waals surface area contributed by atoms with E-state index < -0.39 is 40.2 Å². The number of urea groups is 1. The second kappa shape index (κ2) is 5.90. The van der Waals surface area contributed by atoms with Crippen LogP contribution in [0, 0.1) is 0 Å². The summed E-state index contributed by atoms with van der Waals surface area (Å²) in [6.45, 7) is 0. The first-order valence-corrected chi connectivity index (χ1v) is 6.37. The van der Waals surface area contributed by atoms with Crippen LogP contribution in [-0.4, -0.2) is 21.9 Å². The second-order valence-electron chi connectivity index (χ2n) is 3.65. The Bertz CT molecular complexity index is 575. The highest BCUT2D eigenvalue weighted by molar-refractivity contribution is 7.86. The van der Waals surface area contributed by atoms with Crippen LogP contribution in [0.15, 0.2) is 23.1 Å². The Morgan fingerprint density at radius 2 is 1.90 bits per heavy atom. The fourth-order valence-electron chi connectivity index (χ4n) is 1.30. The van der Waals surface area contributed by atoms with E-state index in [1.807, 2.05) is 0 Å². The molecule has 1 aromatic carbocycles. The Balaban J connectivity index is 2.90. The summed E-state index contributed by atoms with van der Waals surface area (Å²) in [7, 11) is -1.99. The number of carbonyl (C=O) groups excluding carboxylic acids is 2. The summed E-state index contributed by atoms with van der Waals surface area (Å²) in [5.74, 6) is -1.56. The number of nitrogens with two attached hydrogens (primary N) is 2. The van der Waals surface area contributed by atoms with E-state index >= 15 is 0 Å². The maximum atomic E-state index is 12.4. The monoisotopic (exact) mass is 309 g/mol. The van der Waals surface area contributed by atoms with Gasteiger partial charge >= 0.3 is 12.2 Å². The molecule has 1 aromatic rings. The summed E-state index contributed by atoms with van der Waals surface area (Å²) in [5, 5.41) is 1.68. The molecule has 3 amide bonds. The van der Waals surface area contributed by atoms with Crippen molar-refractivity contribution in [3.63, 3.8) is 0 Å². The Morgan fingerprint density at radius 3 is 2.35 bits per heavy atom. The summed E-state index contributed by atoms with van der Waals surface area (Å²) in [6, 6.07) is 1.13. The summed E-state index contributed by atoms with van der Waals surface area (Å²) in [6.07, 6.45) is -4.57. The van der Waals surface area contributed by atoms with Crippen LogP contribution < -0.4 is 16.8 Å². The minimum atomic E-state index is -4.57. The van der Waals surface area contributed by atoms with Gasteiger partial charge in [-0.2, -0.15) is 13.2 Å². The first kappa shape index (κ1) is 16.0. The van der Waals surface area contributed by atoms with E-state index in [9.17, 15) is 27.0 Å². The molecule has 1 atom stereocenters. The number of hydrogen-bond donors (Lipinski definition) is 3. The standard InChI is InChI=1S/C10H10F3N3O3S/c11-10(12,13)5-1-2-7(6(14)3-5)20(19)4-8(17)16-9(15)18/h1-3H,4,14H2,(H3,15,16,17,18). The van der Waals surface area contributed by atoms with Crippen molar-refractivity contribution in [3.05, 3.63) is 23.8 Å². The van der Waals surface area contributed by atoms with Crippen LogP contribution in [0.5, 0.6) is 0 Å². The van der Waals surface area contributed by atoms with Crippen molar-refractivity contribution in [1.82, 2.24) is 5.32 Å². The van der Waals surface area contributed by atoms with Crippen LogP contribution in [0.4, 0.5) is 23.7 Å². The number of halogens is 3. The highest BCUT2D eigenvalue weighted by atomic mass is 32.2. The van der Waals surface area contributed by atoms with E-state index in [4.69, 9.17) is 5.73 Å². The number of anilines is 1. The first-order chi connectivity index (χ1) is 9.11. The molecule has 0 aliphatic rings. The van der Waals surface area contributed by atoms with Crippen molar-refractivity contribution in [2.75, 3.05) is 11.5 Å². The van der Waals surface area contributed by atoms with Crippen molar-refractivity contribution < 1.29 is 27.0 Å². The van der Waals surface area contributed by atoms with Gasteiger partial charge in [-0.1, -0.05) is 0 Å². The average Bonchev–Trinajstić information content (AvgIpc) is 2.25. The van der Waals surface area contributed by atoms with E-state index in [0.717, 1.165) is 6.07 Å². The zero-order valence-corrected chi connectivity index (χ0v) is 10.7. The minimum absolute atomic E-state index is 0.127. The number of hydrogen-bond acceptors (Lipinski definition) is 4. The van der Waals surface area contributed by atoms with Gasteiger partial charge < -0.3 is 11.5 Å². The summed E-state index contributed by atoms with van der Waals surface area (Å²) >= 11 is 0. The van der Waals surface area contributed by atoms with Crippen LogP contribution in [0.2, 0.25) is 0 Å². The Kier molecular flexibility index (Phi) is 4.71. The van der Waals surface area contributed by atoms with Gasteiger partial charge in [0.15, 0.2) is 0 Å². The largest absolute Gasteiger partial charge is 0.416 e. The number of nitrogens with one attached hydrogen (secondary N) is 1. The van der Waals surface area contributed by atoms with Crippen LogP contribution in [0.3, 0.4) is 0 Å². The normalized spacial score (nSPS) is 12.8. The molecule has 0 bridgehead atoms. The molecule has 5 N–H and O–H groups in total. The maximum Gasteiger partial charge on any atom is 0.416 e. The number of amides is 3. The van der Waals surface area contributed by atoms with Crippen LogP contribution >= 0.6 is 0 Å². The molecule has 0 spiro atoms. The fourth-order valence-corrected chi connectivity index (χ4v) is 2.31. The van der Waals surface area contributed by atoms with Gasteiger partial charge in [0.25, 0.3) is 0 Å². The molecule has 6 nitrogen and oxygen atoms in total. The Hall–Kier alpha value is -2.10. The number of rotatable bonds is 3. The zero-order chi connectivity index (χ0) is 15.5. The number of imide groups is 1. The third-order valence-corrected chi connectivity index (χ3v) is 3.49. The molecule has 0 heterocycles. The molecule has 1 rings (SSSR count). The van der Waals surface area contributed by atoms with Gasteiger partial charge in [0, 0.05) is 5.69 Å². The van der Waals surface area contributed by atoms with E-state index in [0.29, 0.717) is 12.1 Å². The molecule has 0 fully saturated rings. The van der Waals surface area contributed by atoms with E-state index in [1.165, 1.54) is 0 Å². The van der Waals surface area contributed by atoms with Crippen molar-refractivity contribution >= 4 is 28.4 Å². The lowest BCUT2D eigenvalue weighted by molar-refractivity contribution is -0.137. The molecule has 10 heteroatoms. The molecule has 0 aromatic heterocycles. The SMILES string of the molecule is NC(=O)NC(=O)CS(=O)c1ccc(C(F)(F)F)cc1N. The predicted molar refractivity (Wildman–Crippen MR) is 64.9 cm³/mol. The molecule has 20 heavy (non-hydrogen) atoms. The van der Waals surface area contributed by atoms with Crippen LogP contribution in [-0.2, 0) is 21.8 Å². The molecule has 1 unspecified atom stereocenters. The molecule has 0 aliphatic heterocycles. The van der Waals surface area contributed by atoms with Gasteiger partial charge in [-0.25, -0.2) is 4.79 Å². The van der Waals surface area contributed by atoms with Gasteiger partial charge in [-0.3, -0.25) is 14.3 Å². The lowest BCUT2D eigenvalue weighted by atomic mass is 10.2. The third kappa shape index (κ3) is 4.23. The maximum absolute atomic E-state index is 12.4. The molecular weight excluding hydrogens is 299 g/mol. The number of alkyl halides is 3. The fraction of sp³-hybridized carbons (Fsp3) is 0.200. The topological polar surface area (TPSA) is 115 Å². The second-order valence-corrected chi connectivity index (χ2v) is 5.07. The average molecular weight is 309 g/mol. The predicted octanol–water partition coefficient (Wildman–Crippen LogP) is 0.590. The van der Waals surface area contributed by atoms with Gasteiger partial charge in [0.05, 0.1) is 21.3 Å². The van der Waals surface area contributed by atoms with Crippen LogP contribution in [0.25, 0.3) is 0 Å². The summed E-state index contributed by atoms with van der Waals surface area (Å²) < 4.78 is 49.0. The number of primary amides is 1. The molecule has 0 radical (unpaired) electrons. The number of benzene rings is 1. The highest BCUT2D eigenvalue weighted by Gasteiger charge is 2.31. The van der Waals surface area contributed by atoms with Gasteiger partial charge in [0.2, 0.25) is 5.91 Å². The Labute approximate surface area is 113 Å². The van der Waals surface area contributed by atoms with Gasteiger partial charge in [0.1, 0.15) is 5.75 Å². The number of carbonyl (C=O) groups is 2. The molecule has 0 aliphatic carbocycles. The smallest absolute Gasteiger partial charge is 0.398 e. The molecule has 0 saturated carbocycles. The lowest BCUT2D eigenvalue weighted by Crippen LogP contribution is -2.37. The molecular formula is C10H10F3N3O3S. The van der Waals surface area contributed by atoms with E-state index in [-0.39, 0.29) is 10.6 Å². The quantitative estimate of drug-likeness (QED) is 0.709. The van der Waals surface area contributed by atoms with Gasteiger partial charge in [-0.15, -0.1) is 0 Å². The van der Waals surface area contributed by atoms with Crippen molar-refractivity contribution in [3.8, 4) is 0 Å². The Morgan fingerprint density at radius 1 is 1.30 bits per heavy atom. The summed E-state index contributed by atoms with van der Waals surface area (Å²) in [5.41, 5.74) is 8.72. The van der Waals surface area contributed by atoms with Crippen molar-refractivity contribution in [2.45, 2.75) is 11.1 Å². The van der Waals surface area contributed by atoms with Crippen LogP contribution in [0.1, 0.15) is 5.56 Å². The van der Waals surface area contributed by atoms with E-state index in [1.54, 1.807) is 5.32 Å². The molecule has 0 saturated heterocycles. The zero-order valence-electron chi connectivity index (χ0n) is 9.86. The first-order valence-electron chi connectivity index (χ1n) is 5.05. The van der Waals surface area contributed by atoms with E-state index in [2.05, 4.69) is 5.73 Å². The lowest BCUT2D eigenvalue weighted by Gasteiger charge is -2.10. The highest BCUT2D eigenvalue weighted by Crippen LogP contribution is 2.32.